The number of esters is 1. The Hall–Kier alpha value is -3.97. The van der Waals surface area contributed by atoms with Crippen molar-refractivity contribution in [2.45, 2.75) is 17.9 Å². The third-order valence-corrected chi connectivity index (χ3v) is 7.17. The van der Waals surface area contributed by atoms with Crippen LogP contribution in [0.1, 0.15) is 34.6 Å². The first kappa shape index (κ1) is 23.2. The van der Waals surface area contributed by atoms with E-state index in [0.717, 1.165) is 5.56 Å². The van der Waals surface area contributed by atoms with E-state index in [0.29, 0.717) is 11.4 Å². The summed E-state index contributed by atoms with van der Waals surface area (Å²) in [5, 5.41) is 0. The van der Waals surface area contributed by atoms with Gasteiger partial charge in [0, 0.05) is 12.7 Å². The second-order valence-corrected chi connectivity index (χ2v) is 9.35. The van der Waals surface area contributed by atoms with Gasteiger partial charge in [0.15, 0.2) is 6.10 Å². The van der Waals surface area contributed by atoms with Crippen molar-refractivity contribution in [2.75, 3.05) is 10.8 Å². The van der Waals surface area contributed by atoms with Gasteiger partial charge in [-0.05, 0) is 55.0 Å². The first-order valence-corrected chi connectivity index (χ1v) is 12.3. The summed E-state index contributed by atoms with van der Waals surface area (Å²) in [5.41, 5.74) is 2.03. The summed E-state index contributed by atoms with van der Waals surface area (Å²) in [7, 11) is -3.88. The quantitative estimate of drug-likeness (QED) is 0.328. The van der Waals surface area contributed by atoms with Gasteiger partial charge < -0.3 is 4.74 Å². The van der Waals surface area contributed by atoms with E-state index >= 15 is 0 Å². The van der Waals surface area contributed by atoms with E-state index in [9.17, 15) is 13.2 Å². The Kier molecular flexibility index (Phi) is 7.04. The molecule has 3 aromatic carbocycles. The van der Waals surface area contributed by atoms with Gasteiger partial charge in [0.05, 0.1) is 21.8 Å². The molecule has 0 fully saturated rings. The first-order valence-electron chi connectivity index (χ1n) is 10.9. The minimum absolute atomic E-state index is 0.0155. The van der Waals surface area contributed by atoms with E-state index in [4.69, 9.17) is 4.74 Å². The van der Waals surface area contributed by atoms with Crippen LogP contribution >= 0.6 is 0 Å². The average molecular weight is 473 g/mol. The van der Waals surface area contributed by atoms with E-state index in [1.165, 1.54) is 16.4 Å². The number of carbonyl (C=O) groups is 1. The Morgan fingerprint density at radius 3 is 2.21 bits per heavy atom. The lowest BCUT2D eigenvalue weighted by Gasteiger charge is -2.23. The van der Waals surface area contributed by atoms with Crippen LogP contribution in [0.2, 0.25) is 0 Å². The molecule has 0 bridgehead atoms. The number of anilines is 1. The zero-order valence-electron chi connectivity index (χ0n) is 18.6. The SMILES string of the molecule is CCN(c1ccccc1)S(=O)(=O)c1cccc(C(=O)OC(c2ccccc2)c2ccccn2)c1. The molecule has 1 unspecified atom stereocenters. The highest BCUT2D eigenvalue weighted by Crippen LogP contribution is 2.27. The van der Waals surface area contributed by atoms with Crippen molar-refractivity contribution in [1.82, 2.24) is 4.98 Å². The lowest BCUT2D eigenvalue weighted by molar-refractivity contribution is 0.0370. The fourth-order valence-electron chi connectivity index (χ4n) is 3.63. The van der Waals surface area contributed by atoms with Gasteiger partial charge in [-0.25, -0.2) is 13.2 Å². The molecule has 4 aromatic rings. The Bertz CT molecular complexity index is 1310. The molecule has 0 aliphatic heterocycles. The highest BCUT2D eigenvalue weighted by atomic mass is 32.2. The lowest BCUT2D eigenvalue weighted by atomic mass is 10.1. The van der Waals surface area contributed by atoms with Gasteiger partial charge in [-0.1, -0.05) is 60.7 Å². The predicted octanol–water partition coefficient (Wildman–Crippen LogP) is 5.24. The van der Waals surface area contributed by atoms with Crippen molar-refractivity contribution in [3.63, 3.8) is 0 Å². The average Bonchev–Trinajstić information content (AvgIpc) is 2.89. The summed E-state index contributed by atoms with van der Waals surface area (Å²) in [6, 6.07) is 29.4. The molecule has 4 rings (SSSR count). The fraction of sp³-hybridized carbons (Fsp3) is 0.111. The van der Waals surface area contributed by atoms with E-state index < -0.39 is 22.1 Å². The number of carbonyl (C=O) groups excluding carboxylic acids is 1. The number of ether oxygens (including phenoxy) is 1. The zero-order chi connectivity index (χ0) is 24.0. The number of nitrogens with zero attached hydrogens (tertiary/aromatic N) is 2. The zero-order valence-corrected chi connectivity index (χ0v) is 19.4. The van der Waals surface area contributed by atoms with Crippen molar-refractivity contribution in [3.8, 4) is 0 Å². The number of sulfonamides is 1. The molecule has 0 saturated carbocycles. The van der Waals surface area contributed by atoms with E-state index in [1.54, 1.807) is 61.7 Å². The van der Waals surface area contributed by atoms with Crippen molar-refractivity contribution in [2.24, 2.45) is 0 Å². The fourth-order valence-corrected chi connectivity index (χ4v) is 5.15. The predicted molar refractivity (Wildman–Crippen MR) is 131 cm³/mol. The van der Waals surface area contributed by atoms with Gasteiger partial charge in [0.1, 0.15) is 0 Å². The molecule has 0 amide bonds. The van der Waals surface area contributed by atoms with Crippen LogP contribution in [0.4, 0.5) is 5.69 Å². The Morgan fingerprint density at radius 1 is 0.882 bits per heavy atom. The van der Waals surface area contributed by atoms with Crippen molar-refractivity contribution in [3.05, 3.63) is 126 Å². The molecule has 0 radical (unpaired) electrons. The molecule has 0 spiro atoms. The van der Waals surface area contributed by atoms with Crippen molar-refractivity contribution < 1.29 is 17.9 Å². The van der Waals surface area contributed by atoms with E-state index in [2.05, 4.69) is 4.98 Å². The van der Waals surface area contributed by atoms with E-state index in [1.807, 2.05) is 42.5 Å². The number of para-hydroxylation sites is 1. The molecular weight excluding hydrogens is 448 g/mol. The van der Waals surface area contributed by atoms with Gasteiger partial charge in [0.2, 0.25) is 0 Å². The molecule has 0 aliphatic carbocycles. The molecule has 172 valence electrons. The lowest BCUT2D eigenvalue weighted by Crippen LogP contribution is -2.30. The molecule has 0 N–H and O–H groups in total. The molecular formula is C27H24N2O4S. The number of hydrogen-bond acceptors (Lipinski definition) is 5. The summed E-state index contributed by atoms with van der Waals surface area (Å²) in [5.74, 6) is -0.640. The van der Waals surface area contributed by atoms with Gasteiger partial charge in [-0.15, -0.1) is 0 Å². The number of hydrogen-bond donors (Lipinski definition) is 0. The highest BCUT2D eigenvalue weighted by Gasteiger charge is 2.26. The molecule has 7 heteroatoms. The number of pyridine rings is 1. The van der Waals surface area contributed by atoms with Crippen LogP contribution in [0.25, 0.3) is 0 Å². The first-order chi connectivity index (χ1) is 16.5. The monoisotopic (exact) mass is 472 g/mol. The molecule has 34 heavy (non-hydrogen) atoms. The van der Waals surface area contributed by atoms with Crippen LogP contribution in [0.15, 0.2) is 114 Å². The number of rotatable bonds is 8. The number of benzene rings is 3. The smallest absolute Gasteiger partial charge is 0.339 e. The van der Waals surface area contributed by atoms with Crippen LogP contribution in [0.3, 0.4) is 0 Å². The van der Waals surface area contributed by atoms with Crippen LogP contribution in [0.5, 0.6) is 0 Å². The normalized spacial score (nSPS) is 12.0. The third-order valence-electron chi connectivity index (χ3n) is 5.27. The largest absolute Gasteiger partial charge is 0.447 e. The van der Waals surface area contributed by atoms with Gasteiger partial charge in [-0.2, -0.15) is 0 Å². The maximum absolute atomic E-state index is 13.4. The molecule has 1 aromatic heterocycles. The van der Waals surface area contributed by atoms with Crippen LogP contribution < -0.4 is 4.31 Å². The summed E-state index contributed by atoms with van der Waals surface area (Å²) < 4.78 is 33.9. The molecule has 1 atom stereocenters. The topological polar surface area (TPSA) is 76.6 Å². The summed E-state index contributed by atoms with van der Waals surface area (Å²) in [6.07, 6.45) is 0.904. The van der Waals surface area contributed by atoms with Crippen molar-refractivity contribution >= 4 is 21.7 Å². The Labute approximate surface area is 199 Å². The van der Waals surface area contributed by atoms with Crippen LogP contribution in [-0.4, -0.2) is 25.9 Å². The second-order valence-electron chi connectivity index (χ2n) is 7.48. The summed E-state index contributed by atoms with van der Waals surface area (Å²) in [4.78, 5) is 17.5. The number of aromatic nitrogens is 1. The second kappa shape index (κ2) is 10.3. The van der Waals surface area contributed by atoms with Crippen LogP contribution in [-0.2, 0) is 14.8 Å². The molecule has 1 heterocycles. The van der Waals surface area contributed by atoms with Crippen molar-refractivity contribution in [1.29, 1.82) is 0 Å². The Morgan fingerprint density at radius 2 is 1.56 bits per heavy atom. The highest BCUT2D eigenvalue weighted by molar-refractivity contribution is 7.92. The maximum Gasteiger partial charge on any atom is 0.339 e. The molecule has 0 aliphatic rings. The molecule has 0 saturated heterocycles. The minimum Gasteiger partial charge on any atom is -0.447 e. The summed E-state index contributed by atoms with van der Waals surface area (Å²) in [6.45, 7) is 2.01. The minimum atomic E-state index is -3.88. The summed E-state index contributed by atoms with van der Waals surface area (Å²) >= 11 is 0. The Balaban J connectivity index is 1.65. The van der Waals surface area contributed by atoms with E-state index in [-0.39, 0.29) is 17.0 Å². The van der Waals surface area contributed by atoms with Gasteiger partial charge in [0.25, 0.3) is 10.0 Å². The van der Waals surface area contributed by atoms with Gasteiger partial charge >= 0.3 is 5.97 Å². The standard InChI is InChI=1S/C27H24N2O4S/c1-2-29(23-15-7-4-8-16-23)34(31,32)24-17-11-14-22(20-24)27(30)33-26(21-12-5-3-6-13-21)25-18-9-10-19-28-25/h3-20,26H,2H2,1H3. The van der Waals surface area contributed by atoms with Gasteiger partial charge in [-0.3, -0.25) is 9.29 Å². The molecule has 6 nitrogen and oxygen atoms in total. The maximum atomic E-state index is 13.4. The van der Waals surface area contributed by atoms with Crippen LogP contribution in [0, 0.1) is 0 Å². The third kappa shape index (κ3) is 5.00.